The smallest absolute Gasteiger partial charge is 0.120 e. The second-order valence-corrected chi connectivity index (χ2v) is 5.08. The molecule has 2 aromatic rings. The van der Waals surface area contributed by atoms with E-state index in [4.69, 9.17) is 9.47 Å². The van der Waals surface area contributed by atoms with Crippen LogP contribution >= 0.6 is 0 Å². The van der Waals surface area contributed by atoms with Gasteiger partial charge in [-0.2, -0.15) is 0 Å². The number of hydrogen-bond donors (Lipinski definition) is 1. The van der Waals surface area contributed by atoms with E-state index in [2.05, 4.69) is 29.6 Å². The van der Waals surface area contributed by atoms with Gasteiger partial charge >= 0.3 is 0 Å². The SMILES string of the molecule is COc1ccc(C2CNc3cc(OC)ccc3C2)cc1. The Morgan fingerprint density at radius 3 is 2.35 bits per heavy atom. The summed E-state index contributed by atoms with van der Waals surface area (Å²) in [5.74, 6) is 2.31. The fraction of sp³-hybridized carbons (Fsp3) is 0.294. The van der Waals surface area contributed by atoms with Gasteiger partial charge in [0.15, 0.2) is 0 Å². The van der Waals surface area contributed by atoms with Crippen molar-refractivity contribution in [3.8, 4) is 11.5 Å². The van der Waals surface area contributed by atoms with E-state index in [0.717, 1.165) is 24.5 Å². The van der Waals surface area contributed by atoms with Gasteiger partial charge in [0.1, 0.15) is 11.5 Å². The normalized spacial score (nSPS) is 17.0. The van der Waals surface area contributed by atoms with Crippen LogP contribution in [0.4, 0.5) is 5.69 Å². The predicted octanol–water partition coefficient (Wildman–Crippen LogP) is 3.46. The van der Waals surface area contributed by atoms with Crippen LogP contribution in [0.1, 0.15) is 17.0 Å². The van der Waals surface area contributed by atoms with E-state index in [9.17, 15) is 0 Å². The van der Waals surface area contributed by atoms with E-state index in [-0.39, 0.29) is 0 Å². The molecule has 1 aliphatic heterocycles. The predicted molar refractivity (Wildman–Crippen MR) is 80.9 cm³/mol. The molecule has 2 aromatic carbocycles. The van der Waals surface area contributed by atoms with E-state index >= 15 is 0 Å². The van der Waals surface area contributed by atoms with Crippen molar-refractivity contribution in [2.45, 2.75) is 12.3 Å². The van der Waals surface area contributed by atoms with Gasteiger partial charge in [-0.05, 0) is 35.7 Å². The van der Waals surface area contributed by atoms with E-state index < -0.39 is 0 Å². The zero-order valence-electron chi connectivity index (χ0n) is 11.8. The summed E-state index contributed by atoms with van der Waals surface area (Å²) in [6, 6.07) is 14.6. The Labute approximate surface area is 119 Å². The summed E-state index contributed by atoms with van der Waals surface area (Å²) >= 11 is 0. The Bertz CT molecular complexity index is 592. The molecule has 1 atom stereocenters. The van der Waals surface area contributed by atoms with Crippen LogP contribution in [0, 0.1) is 0 Å². The van der Waals surface area contributed by atoms with Crippen molar-refractivity contribution in [1.82, 2.24) is 0 Å². The summed E-state index contributed by atoms with van der Waals surface area (Å²) in [5.41, 5.74) is 3.88. The third kappa shape index (κ3) is 2.44. The van der Waals surface area contributed by atoms with Gasteiger partial charge in [-0.25, -0.2) is 0 Å². The maximum atomic E-state index is 5.26. The highest BCUT2D eigenvalue weighted by Gasteiger charge is 2.20. The van der Waals surface area contributed by atoms with Gasteiger partial charge in [0.2, 0.25) is 0 Å². The number of benzene rings is 2. The number of rotatable bonds is 3. The topological polar surface area (TPSA) is 30.5 Å². The van der Waals surface area contributed by atoms with Gasteiger partial charge in [0.25, 0.3) is 0 Å². The summed E-state index contributed by atoms with van der Waals surface area (Å²) in [6.07, 6.45) is 1.05. The Kier molecular flexibility index (Phi) is 3.50. The van der Waals surface area contributed by atoms with Gasteiger partial charge in [0.05, 0.1) is 14.2 Å². The van der Waals surface area contributed by atoms with Crippen molar-refractivity contribution in [2.24, 2.45) is 0 Å². The lowest BCUT2D eigenvalue weighted by Crippen LogP contribution is -2.21. The van der Waals surface area contributed by atoms with Crippen LogP contribution in [0.15, 0.2) is 42.5 Å². The first-order chi connectivity index (χ1) is 9.80. The first kappa shape index (κ1) is 12.9. The molecule has 0 radical (unpaired) electrons. The van der Waals surface area contributed by atoms with Crippen molar-refractivity contribution < 1.29 is 9.47 Å². The lowest BCUT2D eigenvalue weighted by atomic mass is 9.88. The van der Waals surface area contributed by atoms with Crippen molar-refractivity contribution in [3.63, 3.8) is 0 Å². The number of nitrogens with one attached hydrogen (secondary N) is 1. The molecular formula is C17H19NO2. The largest absolute Gasteiger partial charge is 0.497 e. The molecule has 0 bridgehead atoms. The number of ether oxygens (including phenoxy) is 2. The fourth-order valence-corrected chi connectivity index (χ4v) is 2.71. The van der Waals surface area contributed by atoms with Gasteiger partial charge < -0.3 is 14.8 Å². The molecule has 0 aromatic heterocycles. The molecule has 1 N–H and O–H groups in total. The van der Waals surface area contributed by atoms with Gasteiger partial charge in [-0.1, -0.05) is 18.2 Å². The van der Waals surface area contributed by atoms with Crippen molar-refractivity contribution >= 4 is 5.69 Å². The number of fused-ring (bicyclic) bond motifs is 1. The third-order valence-electron chi connectivity index (χ3n) is 3.91. The quantitative estimate of drug-likeness (QED) is 0.925. The molecule has 3 heteroatoms. The molecule has 0 saturated carbocycles. The lowest BCUT2D eigenvalue weighted by Gasteiger charge is -2.27. The molecule has 0 spiro atoms. The van der Waals surface area contributed by atoms with Crippen LogP contribution in [0.3, 0.4) is 0 Å². The summed E-state index contributed by atoms with van der Waals surface area (Å²) in [4.78, 5) is 0. The van der Waals surface area contributed by atoms with E-state index in [1.54, 1.807) is 14.2 Å². The maximum absolute atomic E-state index is 5.26. The minimum absolute atomic E-state index is 0.502. The molecule has 3 nitrogen and oxygen atoms in total. The number of methoxy groups -OCH3 is 2. The van der Waals surface area contributed by atoms with Gasteiger partial charge in [0, 0.05) is 24.2 Å². The molecule has 1 heterocycles. The summed E-state index contributed by atoms with van der Waals surface area (Å²) in [7, 11) is 3.39. The molecule has 1 unspecified atom stereocenters. The second kappa shape index (κ2) is 5.45. The van der Waals surface area contributed by atoms with Crippen LogP contribution < -0.4 is 14.8 Å². The van der Waals surface area contributed by atoms with Crippen LogP contribution in [-0.4, -0.2) is 20.8 Å². The van der Waals surface area contributed by atoms with Crippen LogP contribution in [0.2, 0.25) is 0 Å². The average molecular weight is 269 g/mol. The third-order valence-corrected chi connectivity index (χ3v) is 3.91. The van der Waals surface area contributed by atoms with E-state index in [0.29, 0.717) is 5.92 Å². The van der Waals surface area contributed by atoms with Crippen molar-refractivity contribution in [1.29, 1.82) is 0 Å². The molecule has 20 heavy (non-hydrogen) atoms. The molecular weight excluding hydrogens is 250 g/mol. The Balaban J connectivity index is 1.80. The highest BCUT2D eigenvalue weighted by atomic mass is 16.5. The Morgan fingerprint density at radius 2 is 1.65 bits per heavy atom. The standard InChI is InChI=1S/C17H19NO2/c1-19-15-6-3-12(4-7-15)14-9-13-5-8-16(20-2)10-17(13)18-11-14/h3-8,10,14,18H,9,11H2,1-2H3. The highest BCUT2D eigenvalue weighted by molar-refractivity contribution is 5.58. The van der Waals surface area contributed by atoms with E-state index in [1.165, 1.54) is 16.8 Å². The van der Waals surface area contributed by atoms with Crippen LogP contribution in [0.25, 0.3) is 0 Å². The summed E-state index contributed by atoms with van der Waals surface area (Å²) in [6.45, 7) is 0.951. The molecule has 0 saturated heterocycles. The summed E-state index contributed by atoms with van der Waals surface area (Å²) in [5, 5.41) is 3.50. The second-order valence-electron chi connectivity index (χ2n) is 5.08. The maximum Gasteiger partial charge on any atom is 0.120 e. The molecule has 104 valence electrons. The minimum Gasteiger partial charge on any atom is -0.497 e. The molecule has 0 amide bonds. The first-order valence-corrected chi connectivity index (χ1v) is 6.85. The monoisotopic (exact) mass is 269 g/mol. The molecule has 0 fully saturated rings. The zero-order valence-corrected chi connectivity index (χ0v) is 11.8. The average Bonchev–Trinajstić information content (AvgIpc) is 2.54. The van der Waals surface area contributed by atoms with Crippen LogP contribution in [-0.2, 0) is 6.42 Å². The van der Waals surface area contributed by atoms with E-state index in [1.807, 2.05) is 18.2 Å². The number of hydrogen-bond acceptors (Lipinski definition) is 3. The molecule has 1 aliphatic rings. The molecule has 0 aliphatic carbocycles. The lowest BCUT2D eigenvalue weighted by molar-refractivity contribution is 0.414. The number of anilines is 1. The first-order valence-electron chi connectivity index (χ1n) is 6.85. The fourth-order valence-electron chi connectivity index (χ4n) is 2.71. The highest BCUT2D eigenvalue weighted by Crippen LogP contribution is 2.33. The Hall–Kier alpha value is -2.16. The van der Waals surface area contributed by atoms with Gasteiger partial charge in [-0.3, -0.25) is 0 Å². The van der Waals surface area contributed by atoms with Crippen LogP contribution in [0.5, 0.6) is 11.5 Å². The van der Waals surface area contributed by atoms with Gasteiger partial charge in [-0.15, -0.1) is 0 Å². The summed E-state index contributed by atoms with van der Waals surface area (Å²) < 4.78 is 10.5. The van der Waals surface area contributed by atoms with Crippen molar-refractivity contribution in [2.75, 3.05) is 26.1 Å². The minimum atomic E-state index is 0.502. The van der Waals surface area contributed by atoms with Crippen molar-refractivity contribution in [3.05, 3.63) is 53.6 Å². The Morgan fingerprint density at radius 1 is 0.950 bits per heavy atom. The zero-order chi connectivity index (χ0) is 13.9. The molecule has 3 rings (SSSR count).